The van der Waals surface area contributed by atoms with Gasteiger partial charge in [0.25, 0.3) is 0 Å². The van der Waals surface area contributed by atoms with Crippen LogP contribution in [-0.4, -0.2) is 41.1 Å². The van der Waals surface area contributed by atoms with E-state index in [0.29, 0.717) is 28.0 Å². The zero-order valence-corrected chi connectivity index (χ0v) is 19.0. The van der Waals surface area contributed by atoms with E-state index in [1.165, 1.54) is 11.8 Å². The molecule has 0 saturated carbocycles. The lowest BCUT2D eigenvalue weighted by molar-refractivity contribution is -0.113. The van der Waals surface area contributed by atoms with Gasteiger partial charge in [-0.1, -0.05) is 72.4 Å². The predicted molar refractivity (Wildman–Crippen MR) is 130 cm³/mol. The predicted octanol–water partition coefficient (Wildman–Crippen LogP) is 4.95. The van der Waals surface area contributed by atoms with E-state index in [0.717, 1.165) is 16.8 Å². The lowest BCUT2D eigenvalue weighted by atomic mass is 10.0. The number of nitrogens with zero attached hydrogens (tertiary/aromatic N) is 3. The molecule has 0 spiro atoms. The SMILES string of the molecule is COc1cc(NC(=O)CSc2nnc(-c3ccccc3)c(-c3ccccc3)n2)cc(OC)c1. The maximum absolute atomic E-state index is 12.5. The third kappa shape index (κ3) is 5.67. The van der Waals surface area contributed by atoms with Crippen molar-refractivity contribution in [2.75, 3.05) is 25.3 Å². The summed E-state index contributed by atoms with van der Waals surface area (Å²) in [4.78, 5) is 17.3. The van der Waals surface area contributed by atoms with Crippen molar-refractivity contribution in [2.24, 2.45) is 0 Å². The molecule has 166 valence electrons. The van der Waals surface area contributed by atoms with E-state index in [1.54, 1.807) is 32.4 Å². The molecule has 4 rings (SSSR count). The van der Waals surface area contributed by atoms with Gasteiger partial charge in [0.1, 0.15) is 22.9 Å². The number of nitrogens with one attached hydrogen (secondary N) is 1. The van der Waals surface area contributed by atoms with Gasteiger partial charge in [0.15, 0.2) is 0 Å². The summed E-state index contributed by atoms with van der Waals surface area (Å²) < 4.78 is 10.5. The Kier molecular flexibility index (Phi) is 7.16. The Morgan fingerprint density at radius 3 is 1.97 bits per heavy atom. The smallest absolute Gasteiger partial charge is 0.234 e. The first-order valence-electron chi connectivity index (χ1n) is 10.2. The third-order valence-electron chi connectivity index (χ3n) is 4.73. The zero-order valence-electron chi connectivity index (χ0n) is 18.2. The fourth-order valence-corrected chi connectivity index (χ4v) is 3.75. The van der Waals surface area contributed by atoms with Crippen LogP contribution in [-0.2, 0) is 4.79 Å². The van der Waals surface area contributed by atoms with Gasteiger partial charge in [-0.25, -0.2) is 4.98 Å². The average molecular weight is 459 g/mol. The molecule has 1 amide bonds. The Labute approximate surface area is 196 Å². The van der Waals surface area contributed by atoms with Gasteiger partial charge < -0.3 is 14.8 Å². The highest BCUT2D eigenvalue weighted by molar-refractivity contribution is 7.99. The molecule has 0 aliphatic carbocycles. The van der Waals surface area contributed by atoms with Gasteiger partial charge in [0, 0.05) is 35.0 Å². The van der Waals surface area contributed by atoms with Crippen molar-refractivity contribution < 1.29 is 14.3 Å². The molecule has 1 N–H and O–H groups in total. The van der Waals surface area contributed by atoms with Crippen LogP contribution in [0.25, 0.3) is 22.5 Å². The number of methoxy groups -OCH3 is 2. The van der Waals surface area contributed by atoms with E-state index in [4.69, 9.17) is 14.5 Å². The minimum Gasteiger partial charge on any atom is -0.497 e. The Bertz CT molecular complexity index is 1210. The molecule has 0 atom stereocenters. The number of amides is 1. The molecule has 0 bridgehead atoms. The fraction of sp³-hybridized carbons (Fsp3) is 0.120. The number of hydrogen-bond acceptors (Lipinski definition) is 7. The van der Waals surface area contributed by atoms with Crippen molar-refractivity contribution in [3.8, 4) is 34.0 Å². The number of ether oxygens (including phenoxy) is 2. The van der Waals surface area contributed by atoms with Gasteiger partial charge in [0.05, 0.1) is 20.0 Å². The summed E-state index contributed by atoms with van der Waals surface area (Å²) in [5, 5.41) is 12.0. The van der Waals surface area contributed by atoms with E-state index in [9.17, 15) is 4.79 Å². The Morgan fingerprint density at radius 2 is 1.39 bits per heavy atom. The van der Waals surface area contributed by atoms with Crippen LogP contribution in [0.2, 0.25) is 0 Å². The lowest BCUT2D eigenvalue weighted by Gasteiger charge is -2.10. The fourth-order valence-electron chi connectivity index (χ4n) is 3.17. The number of carbonyl (C=O) groups excluding carboxylic acids is 1. The molecule has 1 aromatic heterocycles. The number of carbonyl (C=O) groups is 1. The van der Waals surface area contributed by atoms with E-state index in [1.807, 2.05) is 60.7 Å². The molecule has 0 fully saturated rings. The molecule has 33 heavy (non-hydrogen) atoms. The minimum atomic E-state index is -0.202. The quantitative estimate of drug-likeness (QED) is 0.374. The Hall–Kier alpha value is -3.91. The number of rotatable bonds is 8. The molecule has 0 saturated heterocycles. The number of benzene rings is 3. The van der Waals surface area contributed by atoms with Crippen molar-refractivity contribution in [2.45, 2.75) is 5.16 Å². The highest BCUT2D eigenvalue weighted by Gasteiger charge is 2.15. The van der Waals surface area contributed by atoms with E-state index < -0.39 is 0 Å². The summed E-state index contributed by atoms with van der Waals surface area (Å²) in [5.41, 5.74) is 3.86. The normalized spacial score (nSPS) is 10.5. The van der Waals surface area contributed by atoms with E-state index in [-0.39, 0.29) is 11.7 Å². The van der Waals surface area contributed by atoms with Crippen molar-refractivity contribution in [1.82, 2.24) is 15.2 Å². The molecule has 7 nitrogen and oxygen atoms in total. The van der Waals surface area contributed by atoms with Crippen molar-refractivity contribution in [3.05, 3.63) is 78.9 Å². The zero-order chi connectivity index (χ0) is 23.0. The second-order valence-corrected chi connectivity index (χ2v) is 7.90. The van der Waals surface area contributed by atoms with Crippen LogP contribution in [0.3, 0.4) is 0 Å². The molecule has 0 radical (unpaired) electrons. The van der Waals surface area contributed by atoms with Gasteiger partial charge >= 0.3 is 0 Å². The van der Waals surface area contributed by atoms with E-state index >= 15 is 0 Å². The lowest BCUT2D eigenvalue weighted by Crippen LogP contribution is -2.14. The summed E-state index contributed by atoms with van der Waals surface area (Å²) in [7, 11) is 3.12. The first-order chi connectivity index (χ1) is 16.2. The van der Waals surface area contributed by atoms with Crippen LogP contribution in [0.1, 0.15) is 0 Å². The van der Waals surface area contributed by atoms with Crippen molar-refractivity contribution in [3.63, 3.8) is 0 Å². The first kappa shape index (κ1) is 22.3. The molecule has 3 aromatic carbocycles. The van der Waals surface area contributed by atoms with Crippen LogP contribution in [0.4, 0.5) is 5.69 Å². The topological polar surface area (TPSA) is 86.2 Å². The van der Waals surface area contributed by atoms with Gasteiger partial charge in [0.2, 0.25) is 11.1 Å². The molecular formula is C25H22N4O3S. The standard InChI is InChI=1S/C25H22N4O3S/c1-31-20-13-19(14-21(15-20)32-2)26-22(30)16-33-25-27-23(17-9-5-3-6-10-17)24(28-29-25)18-11-7-4-8-12-18/h3-15H,16H2,1-2H3,(H,26,30). The molecule has 0 unspecified atom stereocenters. The van der Waals surface area contributed by atoms with Gasteiger partial charge in [-0.3, -0.25) is 4.79 Å². The first-order valence-corrected chi connectivity index (χ1v) is 11.2. The van der Waals surface area contributed by atoms with Crippen molar-refractivity contribution in [1.29, 1.82) is 0 Å². The van der Waals surface area contributed by atoms with Crippen molar-refractivity contribution >= 4 is 23.4 Å². The summed E-state index contributed by atoms with van der Waals surface area (Å²) in [6.45, 7) is 0. The van der Waals surface area contributed by atoms with Gasteiger partial charge in [-0.2, -0.15) is 0 Å². The maximum atomic E-state index is 12.5. The number of thioether (sulfide) groups is 1. The summed E-state index contributed by atoms with van der Waals surface area (Å²) in [6, 6.07) is 24.8. The van der Waals surface area contributed by atoms with Crippen LogP contribution in [0, 0.1) is 0 Å². The Morgan fingerprint density at radius 1 is 0.818 bits per heavy atom. The maximum Gasteiger partial charge on any atom is 0.234 e. The molecular weight excluding hydrogens is 436 g/mol. The Balaban J connectivity index is 1.52. The molecule has 8 heteroatoms. The average Bonchev–Trinajstić information content (AvgIpc) is 2.88. The van der Waals surface area contributed by atoms with E-state index in [2.05, 4.69) is 15.5 Å². The highest BCUT2D eigenvalue weighted by Crippen LogP contribution is 2.30. The monoisotopic (exact) mass is 458 g/mol. The molecule has 4 aromatic rings. The van der Waals surface area contributed by atoms with Crippen LogP contribution in [0.15, 0.2) is 84.0 Å². The number of anilines is 1. The summed E-state index contributed by atoms with van der Waals surface area (Å²) >= 11 is 1.22. The summed E-state index contributed by atoms with van der Waals surface area (Å²) in [6.07, 6.45) is 0. The minimum absolute atomic E-state index is 0.125. The van der Waals surface area contributed by atoms with Gasteiger partial charge in [-0.05, 0) is 0 Å². The molecule has 0 aliphatic heterocycles. The van der Waals surface area contributed by atoms with Crippen LogP contribution in [0.5, 0.6) is 11.5 Å². The van der Waals surface area contributed by atoms with Gasteiger partial charge in [-0.15, -0.1) is 10.2 Å². The number of hydrogen-bond donors (Lipinski definition) is 1. The molecule has 1 heterocycles. The largest absolute Gasteiger partial charge is 0.497 e. The second-order valence-electron chi connectivity index (χ2n) is 6.96. The second kappa shape index (κ2) is 10.6. The van der Waals surface area contributed by atoms with Crippen LogP contribution < -0.4 is 14.8 Å². The number of aromatic nitrogens is 3. The molecule has 0 aliphatic rings. The third-order valence-corrected chi connectivity index (χ3v) is 5.57. The highest BCUT2D eigenvalue weighted by atomic mass is 32.2. The summed E-state index contributed by atoms with van der Waals surface area (Å²) in [5.74, 6) is 1.11. The van der Waals surface area contributed by atoms with Crippen LogP contribution >= 0.6 is 11.8 Å².